The number of sulfone groups is 1. The van der Waals surface area contributed by atoms with Crippen LogP contribution in [0.4, 0.5) is 5.69 Å². The molecule has 1 N–H and O–H groups in total. The van der Waals surface area contributed by atoms with Gasteiger partial charge in [0.25, 0.3) is 0 Å². The molecule has 1 heterocycles. The Morgan fingerprint density at radius 2 is 2.11 bits per heavy atom. The average molecular weight is 271 g/mol. The zero-order valence-corrected chi connectivity index (χ0v) is 11.1. The maximum atomic E-state index is 11.6. The van der Waals surface area contributed by atoms with Gasteiger partial charge in [0, 0.05) is 12.8 Å². The molecule has 1 unspecified atom stereocenters. The highest BCUT2D eigenvalue weighted by Gasteiger charge is 2.16. The highest BCUT2D eigenvalue weighted by molar-refractivity contribution is 7.90. The molecule has 18 heavy (non-hydrogen) atoms. The summed E-state index contributed by atoms with van der Waals surface area (Å²) in [5, 5.41) is 3.11. The van der Waals surface area contributed by atoms with Gasteiger partial charge in [0.05, 0.1) is 36.5 Å². The first-order valence-electron chi connectivity index (χ1n) is 5.79. The lowest BCUT2D eigenvalue weighted by Gasteiger charge is -2.24. The Morgan fingerprint density at radius 3 is 2.78 bits per heavy atom. The minimum atomic E-state index is -3.22. The number of para-hydroxylation sites is 1. The number of hydrogen-bond acceptors (Lipinski definition) is 5. The molecule has 5 nitrogen and oxygen atoms in total. The van der Waals surface area contributed by atoms with Crippen molar-refractivity contribution in [3.63, 3.8) is 0 Å². The first-order chi connectivity index (χ1) is 8.57. The van der Waals surface area contributed by atoms with Gasteiger partial charge in [0.1, 0.15) is 0 Å². The topological polar surface area (TPSA) is 64.6 Å². The predicted molar refractivity (Wildman–Crippen MR) is 68.6 cm³/mol. The molecule has 1 aliphatic rings. The Hall–Kier alpha value is -1.11. The molecule has 1 aromatic carbocycles. The van der Waals surface area contributed by atoms with Crippen molar-refractivity contribution in [3.8, 4) is 0 Å². The van der Waals surface area contributed by atoms with E-state index in [4.69, 9.17) is 9.47 Å². The monoisotopic (exact) mass is 271 g/mol. The Balaban J connectivity index is 2.05. The lowest BCUT2D eigenvalue weighted by atomic mass is 10.3. The van der Waals surface area contributed by atoms with Crippen LogP contribution in [-0.2, 0) is 19.3 Å². The smallest absolute Gasteiger partial charge is 0.177 e. The lowest BCUT2D eigenvalue weighted by Crippen LogP contribution is -2.34. The summed E-state index contributed by atoms with van der Waals surface area (Å²) in [6, 6.07) is 6.85. The minimum Gasteiger partial charge on any atom is -0.381 e. The molecular weight excluding hydrogens is 254 g/mol. The molecule has 2 rings (SSSR count). The first-order valence-corrected chi connectivity index (χ1v) is 7.69. The van der Waals surface area contributed by atoms with Crippen LogP contribution in [0.1, 0.15) is 0 Å². The summed E-state index contributed by atoms with van der Waals surface area (Å²) >= 11 is 0. The summed E-state index contributed by atoms with van der Waals surface area (Å²) in [6.45, 7) is 2.27. The van der Waals surface area contributed by atoms with Gasteiger partial charge in [-0.1, -0.05) is 12.1 Å². The third-order valence-electron chi connectivity index (χ3n) is 2.69. The molecule has 1 fully saturated rings. The Morgan fingerprint density at radius 1 is 1.33 bits per heavy atom. The molecule has 0 radical (unpaired) electrons. The van der Waals surface area contributed by atoms with E-state index in [2.05, 4.69) is 5.32 Å². The summed E-state index contributed by atoms with van der Waals surface area (Å²) in [4.78, 5) is 0.307. The van der Waals surface area contributed by atoms with E-state index in [1.165, 1.54) is 6.26 Å². The van der Waals surface area contributed by atoms with Crippen molar-refractivity contribution in [3.05, 3.63) is 24.3 Å². The number of nitrogens with one attached hydrogen (secondary N) is 1. The van der Waals surface area contributed by atoms with Gasteiger partial charge in [-0.05, 0) is 12.1 Å². The van der Waals surface area contributed by atoms with E-state index in [0.717, 1.165) is 0 Å². The fourth-order valence-corrected chi connectivity index (χ4v) is 2.68. The number of benzene rings is 1. The van der Waals surface area contributed by atoms with Crippen molar-refractivity contribution in [2.24, 2.45) is 0 Å². The summed E-state index contributed by atoms with van der Waals surface area (Å²) in [7, 11) is -3.22. The second-order valence-corrected chi connectivity index (χ2v) is 6.20. The maximum Gasteiger partial charge on any atom is 0.177 e. The molecule has 1 saturated heterocycles. The van der Waals surface area contributed by atoms with Crippen LogP contribution in [0.5, 0.6) is 0 Å². The summed E-state index contributed by atoms with van der Waals surface area (Å²) in [5.74, 6) is 0. The largest absolute Gasteiger partial charge is 0.381 e. The van der Waals surface area contributed by atoms with Crippen molar-refractivity contribution < 1.29 is 17.9 Å². The number of hydrogen-bond donors (Lipinski definition) is 1. The highest BCUT2D eigenvalue weighted by Crippen LogP contribution is 2.20. The van der Waals surface area contributed by atoms with Crippen molar-refractivity contribution in [1.29, 1.82) is 0 Å². The van der Waals surface area contributed by atoms with Crippen LogP contribution in [0.2, 0.25) is 0 Å². The van der Waals surface area contributed by atoms with E-state index in [-0.39, 0.29) is 6.10 Å². The van der Waals surface area contributed by atoms with Gasteiger partial charge in [-0.15, -0.1) is 0 Å². The van der Waals surface area contributed by atoms with Gasteiger partial charge in [-0.25, -0.2) is 8.42 Å². The standard InChI is InChI=1S/C12H17NO4S/c1-18(14,15)12-5-3-2-4-11(12)13-8-10-9-16-6-7-17-10/h2-5,10,13H,6-9H2,1H3. The zero-order valence-electron chi connectivity index (χ0n) is 10.3. The van der Waals surface area contributed by atoms with Crippen molar-refractivity contribution >= 4 is 15.5 Å². The summed E-state index contributed by atoms with van der Waals surface area (Å²) in [5.41, 5.74) is 0.606. The maximum absolute atomic E-state index is 11.6. The molecule has 100 valence electrons. The SMILES string of the molecule is CS(=O)(=O)c1ccccc1NCC1COCCO1. The molecule has 6 heteroatoms. The molecule has 0 spiro atoms. The summed E-state index contributed by atoms with van der Waals surface area (Å²) < 4.78 is 34.0. The van der Waals surface area contributed by atoms with Gasteiger partial charge >= 0.3 is 0 Å². The zero-order chi connectivity index (χ0) is 13.0. The van der Waals surface area contributed by atoms with Gasteiger partial charge < -0.3 is 14.8 Å². The van der Waals surface area contributed by atoms with Gasteiger partial charge in [0.15, 0.2) is 9.84 Å². The lowest BCUT2D eigenvalue weighted by molar-refractivity contribution is -0.0819. The van der Waals surface area contributed by atoms with Crippen LogP contribution in [0, 0.1) is 0 Å². The normalized spacial score (nSPS) is 20.6. The third-order valence-corrected chi connectivity index (χ3v) is 3.85. The van der Waals surface area contributed by atoms with E-state index < -0.39 is 9.84 Å². The molecule has 1 aliphatic heterocycles. The van der Waals surface area contributed by atoms with Crippen LogP contribution in [-0.4, -0.2) is 47.1 Å². The molecular formula is C12H17NO4S. The number of rotatable bonds is 4. The number of anilines is 1. The van der Waals surface area contributed by atoms with E-state index >= 15 is 0 Å². The molecule has 0 amide bonds. The Bertz CT molecular complexity index is 495. The van der Waals surface area contributed by atoms with Crippen LogP contribution in [0.15, 0.2) is 29.2 Å². The van der Waals surface area contributed by atoms with Crippen LogP contribution in [0.3, 0.4) is 0 Å². The fourth-order valence-electron chi connectivity index (χ4n) is 1.81. The average Bonchev–Trinajstić information content (AvgIpc) is 2.37. The summed E-state index contributed by atoms with van der Waals surface area (Å²) in [6.07, 6.45) is 1.17. The quantitative estimate of drug-likeness (QED) is 0.882. The highest BCUT2D eigenvalue weighted by atomic mass is 32.2. The van der Waals surface area contributed by atoms with Crippen molar-refractivity contribution in [2.75, 3.05) is 37.9 Å². The third kappa shape index (κ3) is 3.44. The number of ether oxygens (including phenoxy) is 2. The van der Waals surface area contributed by atoms with Crippen molar-refractivity contribution in [1.82, 2.24) is 0 Å². The molecule has 1 atom stereocenters. The molecule has 0 bridgehead atoms. The van der Waals surface area contributed by atoms with Gasteiger partial charge in [-0.3, -0.25) is 0 Å². The van der Waals surface area contributed by atoms with Crippen LogP contribution < -0.4 is 5.32 Å². The molecule has 0 saturated carbocycles. The fraction of sp³-hybridized carbons (Fsp3) is 0.500. The van der Waals surface area contributed by atoms with Gasteiger partial charge in [0.2, 0.25) is 0 Å². The first kappa shape index (κ1) is 13.3. The van der Waals surface area contributed by atoms with Crippen LogP contribution >= 0.6 is 0 Å². The minimum absolute atomic E-state index is 0.0358. The van der Waals surface area contributed by atoms with E-state index in [0.29, 0.717) is 36.9 Å². The van der Waals surface area contributed by atoms with Gasteiger partial charge in [-0.2, -0.15) is 0 Å². The second kappa shape index (κ2) is 5.69. The Kier molecular flexibility index (Phi) is 4.21. The van der Waals surface area contributed by atoms with E-state index in [1.54, 1.807) is 24.3 Å². The molecule has 0 aromatic heterocycles. The van der Waals surface area contributed by atoms with Crippen molar-refractivity contribution in [2.45, 2.75) is 11.0 Å². The van der Waals surface area contributed by atoms with E-state index in [1.807, 2.05) is 0 Å². The predicted octanol–water partition coefficient (Wildman–Crippen LogP) is 0.917. The second-order valence-electron chi connectivity index (χ2n) is 4.22. The van der Waals surface area contributed by atoms with Crippen LogP contribution in [0.25, 0.3) is 0 Å². The molecule has 1 aromatic rings. The van der Waals surface area contributed by atoms with E-state index in [9.17, 15) is 8.42 Å². The Labute approximate surface area is 107 Å². The molecule has 0 aliphatic carbocycles.